The number of aromatic carboxylic acids is 1. The van der Waals surface area contributed by atoms with E-state index in [0.717, 1.165) is 18.1 Å². The monoisotopic (exact) mass is 259 g/mol. The highest BCUT2D eigenvalue weighted by Gasteiger charge is 2.12. The molecule has 5 nitrogen and oxygen atoms in total. The first-order valence-electron chi connectivity index (χ1n) is 5.25. The first-order valence-corrected chi connectivity index (χ1v) is 6.06. The normalized spacial score (nSPS) is 10.5. The Bertz CT molecular complexity index is 345. The summed E-state index contributed by atoms with van der Waals surface area (Å²) < 4.78 is 10.1. The highest BCUT2D eigenvalue weighted by atomic mass is 32.1. The van der Waals surface area contributed by atoms with Crippen LogP contribution in [0.3, 0.4) is 0 Å². The molecule has 6 heteroatoms. The van der Waals surface area contributed by atoms with Crippen LogP contribution in [0.2, 0.25) is 0 Å². The standard InChI is InChI=1S/C11H17NO4S/c1-15-7-5-12(6-8-16-2)10-4-3-9(17-10)11(13)14/h3-4H,5-8H2,1-2H3,(H,13,14). The number of hydrogen-bond donors (Lipinski definition) is 1. The molecule has 0 aliphatic carbocycles. The molecule has 0 fully saturated rings. The maximum absolute atomic E-state index is 10.8. The Hall–Kier alpha value is -1.11. The van der Waals surface area contributed by atoms with E-state index in [9.17, 15) is 4.79 Å². The summed E-state index contributed by atoms with van der Waals surface area (Å²) in [6, 6.07) is 3.44. The lowest BCUT2D eigenvalue weighted by molar-refractivity contribution is 0.0702. The molecule has 1 heterocycles. The summed E-state index contributed by atoms with van der Waals surface area (Å²) >= 11 is 1.27. The Morgan fingerprint density at radius 3 is 2.29 bits per heavy atom. The first-order chi connectivity index (χ1) is 8.19. The second-order valence-electron chi connectivity index (χ2n) is 3.42. The summed E-state index contributed by atoms with van der Waals surface area (Å²) in [6.07, 6.45) is 0. The van der Waals surface area contributed by atoms with Crippen molar-refractivity contribution in [3.05, 3.63) is 17.0 Å². The minimum absolute atomic E-state index is 0.347. The van der Waals surface area contributed by atoms with Crippen LogP contribution in [-0.4, -0.2) is 51.6 Å². The third-order valence-electron chi connectivity index (χ3n) is 2.24. The van der Waals surface area contributed by atoms with Gasteiger partial charge in [-0.3, -0.25) is 0 Å². The van der Waals surface area contributed by atoms with Crippen molar-refractivity contribution in [2.75, 3.05) is 45.4 Å². The van der Waals surface area contributed by atoms with Crippen molar-refractivity contribution in [3.8, 4) is 0 Å². The third kappa shape index (κ3) is 4.33. The number of carboxylic acid groups (broad SMARTS) is 1. The van der Waals surface area contributed by atoms with Gasteiger partial charge in [0.2, 0.25) is 0 Å². The summed E-state index contributed by atoms with van der Waals surface area (Å²) in [7, 11) is 3.29. The molecule has 0 unspecified atom stereocenters. The van der Waals surface area contributed by atoms with E-state index in [1.165, 1.54) is 11.3 Å². The van der Waals surface area contributed by atoms with E-state index in [1.54, 1.807) is 20.3 Å². The van der Waals surface area contributed by atoms with Crippen LogP contribution >= 0.6 is 11.3 Å². The molecule has 1 rings (SSSR count). The number of anilines is 1. The van der Waals surface area contributed by atoms with E-state index in [1.807, 2.05) is 6.07 Å². The average molecular weight is 259 g/mol. The topological polar surface area (TPSA) is 59.0 Å². The van der Waals surface area contributed by atoms with Crippen LogP contribution < -0.4 is 4.90 Å². The molecule has 1 aromatic heterocycles. The molecule has 96 valence electrons. The lowest BCUT2D eigenvalue weighted by atomic mass is 10.4. The molecule has 0 atom stereocenters. The smallest absolute Gasteiger partial charge is 0.345 e. The molecule has 0 aliphatic rings. The summed E-state index contributed by atoms with van der Waals surface area (Å²) in [4.78, 5) is 13.2. The van der Waals surface area contributed by atoms with Gasteiger partial charge in [-0.1, -0.05) is 0 Å². The molecule has 0 aliphatic heterocycles. The van der Waals surface area contributed by atoms with Crippen molar-refractivity contribution < 1.29 is 19.4 Å². The molecule has 0 amide bonds. The number of nitrogens with zero attached hydrogens (tertiary/aromatic N) is 1. The number of carbonyl (C=O) groups is 1. The van der Waals surface area contributed by atoms with Crippen LogP contribution in [-0.2, 0) is 9.47 Å². The fourth-order valence-corrected chi connectivity index (χ4v) is 2.24. The summed E-state index contributed by atoms with van der Waals surface area (Å²) in [6.45, 7) is 2.65. The molecule has 0 spiro atoms. The lowest BCUT2D eigenvalue weighted by Gasteiger charge is -2.22. The van der Waals surface area contributed by atoms with Gasteiger partial charge in [0.1, 0.15) is 4.88 Å². The zero-order valence-corrected chi connectivity index (χ0v) is 10.8. The largest absolute Gasteiger partial charge is 0.477 e. The fraction of sp³-hybridized carbons (Fsp3) is 0.545. The zero-order valence-electron chi connectivity index (χ0n) is 10.0. The number of methoxy groups -OCH3 is 2. The maximum Gasteiger partial charge on any atom is 0.345 e. The molecule has 0 aromatic carbocycles. The minimum Gasteiger partial charge on any atom is -0.477 e. The Kier molecular flexibility index (Phi) is 5.96. The van der Waals surface area contributed by atoms with Gasteiger partial charge in [-0.2, -0.15) is 0 Å². The number of thiophene rings is 1. The van der Waals surface area contributed by atoms with Gasteiger partial charge >= 0.3 is 5.97 Å². The van der Waals surface area contributed by atoms with Gasteiger partial charge in [-0.25, -0.2) is 4.79 Å². The fourth-order valence-electron chi connectivity index (χ4n) is 1.35. The molecule has 0 saturated heterocycles. The Labute approximate surface area is 105 Å². The van der Waals surface area contributed by atoms with Crippen molar-refractivity contribution in [2.24, 2.45) is 0 Å². The first kappa shape index (κ1) is 14.0. The highest BCUT2D eigenvalue weighted by molar-refractivity contribution is 7.17. The van der Waals surface area contributed by atoms with Crippen LogP contribution in [0.25, 0.3) is 0 Å². The molecule has 0 radical (unpaired) electrons. The summed E-state index contributed by atoms with van der Waals surface area (Å²) in [5.74, 6) is -0.889. The van der Waals surface area contributed by atoms with Crippen LogP contribution in [0.5, 0.6) is 0 Å². The number of hydrogen-bond acceptors (Lipinski definition) is 5. The highest BCUT2D eigenvalue weighted by Crippen LogP contribution is 2.25. The van der Waals surface area contributed by atoms with E-state index in [4.69, 9.17) is 14.6 Å². The van der Waals surface area contributed by atoms with Crippen molar-refractivity contribution in [1.29, 1.82) is 0 Å². The van der Waals surface area contributed by atoms with E-state index in [0.29, 0.717) is 18.1 Å². The van der Waals surface area contributed by atoms with E-state index < -0.39 is 5.97 Å². The predicted molar refractivity (Wildman–Crippen MR) is 67.2 cm³/mol. The average Bonchev–Trinajstić information content (AvgIpc) is 2.79. The molecule has 17 heavy (non-hydrogen) atoms. The molecule has 1 aromatic rings. The van der Waals surface area contributed by atoms with Crippen molar-refractivity contribution in [3.63, 3.8) is 0 Å². The Morgan fingerprint density at radius 1 is 1.29 bits per heavy atom. The predicted octanol–water partition coefficient (Wildman–Crippen LogP) is 1.55. The van der Waals surface area contributed by atoms with Crippen LogP contribution in [0.1, 0.15) is 9.67 Å². The lowest BCUT2D eigenvalue weighted by Crippen LogP contribution is -2.29. The van der Waals surface area contributed by atoms with Crippen LogP contribution in [0.4, 0.5) is 5.00 Å². The number of carboxylic acids is 1. The van der Waals surface area contributed by atoms with Crippen LogP contribution in [0, 0.1) is 0 Å². The van der Waals surface area contributed by atoms with Crippen molar-refractivity contribution in [1.82, 2.24) is 0 Å². The van der Waals surface area contributed by atoms with Gasteiger partial charge in [0.05, 0.1) is 18.2 Å². The number of ether oxygens (including phenoxy) is 2. The molecule has 0 bridgehead atoms. The molecule has 1 N–H and O–H groups in total. The SMILES string of the molecule is COCCN(CCOC)c1ccc(C(=O)O)s1. The Balaban J connectivity index is 2.68. The van der Waals surface area contributed by atoms with E-state index in [2.05, 4.69) is 4.90 Å². The second kappa shape index (κ2) is 7.26. The van der Waals surface area contributed by atoms with Gasteiger partial charge in [-0.05, 0) is 12.1 Å². The number of rotatable bonds is 8. The van der Waals surface area contributed by atoms with Gasteiger partial charge in [0.25, 0.3) is 0 Å². The summed E-state index contributed by atoms with van der Waals surface area (Å²) in [5, 5.41) is 9.80. The minimum atomic E-state index is -0.889. The van der Waals surface area contributed by atoms with Gasteiger partial charge in [-0.15, -0.1) is 11.3 Å². The van der Waals surface area contributed by atoms with E-state index >= 15 is 0 Å². The van der Waals surface area contributed by atoms with Crippen LogP contribution in [0.15, 0.2) is 12.1 Å². The molecular weight excluding hydrogens is 242 g/mol. The van der Waals surface area contributed by atoms with Crippen molar-refractivity contribution >= 4 is 22.3 Å². The van der Waals surface area contributed by atoms with Crippen molar-refractivity contribution in [2.45, 2.75) is 0 Å². The zero-order chi connectivity index (χ0) is 12.7. The van der Waals surface area contributed by atoms with Gasteiger partial charge in [0, 0.05) is 27.3 Å². The van der Waals surface area contributed by atoms with Gasteiger partial charge < -0.3 is 19.5 Å². The Morgan fingerprint density at radius 2 is 1.88 bits per heavy atom. The molecular formula is C11H17NO4S. The summed E-state index contributed by atoms with van der Waals surface area (Å²) in [5.41, 5.74) is 0. The second-order valence-corrected chi connectivity index (χ2v) is 4.48. The quantitative estimate of drug-likeness (QED) is 0.767. The van der Waals surface area contributed by atoms with Gasteiger partial charge in [0.15, 0.2) is 0 Å². The maximum atomic E-state index is 10.8. The van der Waals surface area contributed by atoms with E-state index in [-0.39, 0.29) is 0 Å². The molecule has 0 saturated carbocycles. The third-order valence-corrected chi connectivity index (χ3v) is 3.38.